The van der Waals surface area contributed by atoms with Gasteiger partial charge < -0.3 is 9.88 Å². The van der Waals surface area contributed by atoms with Gasteiger partial charge in [-0.05, 0) is 32.3 Å². The molecule has 90 valence electrons. The van der Waals surface area contributed by atoms with Crippen LogP contribution < -0.4 is 10.9 Å². The van der Waals surface area contributed by atoms with Crippen LogP contribution in [0.5, 0.6) is 0 Å². The van der Waals surface area contributed by atoms with E-state index < -0.39 is 0 Å². The minimum Gasteiger partial charge on any atom is -0.381 e. The summed E-state index contributed by atoms with van der Waals surface area (Å²) in [5.74, 6) is 0.680. The molecule has 0 radical (unpaired) electrons. The first kappa shape index (κ1) is 12.8. The summed E-state index contributed by atoms with van der Waals surface area (Å²) in [7, 11) is 0. The van der Waals surface area contributed by atoms with Gasteiger partial charge in [0.15, 0.2) is 0 Å². The number of anilines is 1. The predicted molar refractivity (Wildman–Crippen MR) is 68.9 cm³/mol. The Morgan fingerprint density at radius 2 is 2.00 bits per heavy atom. The van der Waals surface area contributed by atoms with E-state index in [4.69, 9.17) is 0 Å². The molecular formula is C13H22N2O. The van der Waals surface area contributed by atoms with Gasteiger partial charge in [0.25, 0.3) is 5.56 Å². The Morgan fingerprint density at radius 3 is 2.56 bits per heavy atom. The molecule has 1 N–H and O–H groups in total. The van der Waals surface area contributed by atoms with Gasteiger partial charge in [0, 0.05) is 24.8 Å². The first-order valence-corrected chi connectivity index (χ1v) is 6.00. The molecule has 1 aromatic rings. The Labute approximate surface area is 97.5 Å². The molecule has 0 aliphatic rings. The van der Waals surface area contributed by atoms with Crippen molar-refractivity contribution < 1.29 is 0 Å². The second kappa shape index (κ2) is 5.73. The Kier molecular flexibility index (Phi) is 4.59. The number of aromatic nitrogens is 1. The number of hydrogen-bond donors (Lipinski definition) is 1. The smallest absolute Gasteiger partial charge is 0.250 e. The average Bonchev–Trinajstić information content (AvgIpc) is 2.19. The third-order valence-electron chi connectivity index (χ3n) is 2.56. The maximum absolute atomic E-state index is 11.4. The van der Waals surface area contributed by atoms with Gasteiger partial charge in [-0.25, -0.2) is 0 Å². The van der Waals surface area contributed by atoms with Crippen LogP contribution in [0.3, 0.4) is 0 Å². The van der Waals surface area contributed by atoms with E-state index in [1.807, 2.05) is 19.2 Å². The van der Waals surface area contributed by atoms with Crippen molar-refractivity contribution in [3.8, 4) is 0 Å². The molecule has 3 nitrogen and oxygen atoms in total. The van der Waals surface area contributed by atoms with Crippen molar-refractivity contribution in [1.82, 2.24) is 4.57 Å². The molecule has 1 rings (SSSR count). The van der Waals surface area contributed by atoms with E-state index in [1.54, 1.807) is 10.6 Å². The van der Waals surface area contributed by atoms with E-state index in [1.165, 1.54) is 0 Å². The summed E-state index contributed by atoms with van der Waals surface area (Å²) < 4.78 is 1.71. The van der Waals surface area contributed by atoms with Gasteiger partial charge in [-0.15, -0.1) is 0 Å². The van der Waals surface area contributed by atoms with E-state index in [0.29, 0.717) is 18.5 Å². The van der Waals surface area contributed by atoms with Crippen LogP contribution in [0, 0.1) is 5.92 Å². The summed E-state index contributed by atoms with van der Waals surface area (Å²) in [6.07, 6.45) is 3.02. The van der Waals surface area contributed by atoms with Crippen molar-refractivity contribution in [2.45, 2.75) is 46.7 Å². The lowest BCUT2D eigenvalue weighted by molar-refractivity contribution is 0.539. The van der Waals surface area contributed by atoms with Crippen LogP contribution in [0.15, 0.2) is 23.1 Å². The van der Waals surface area contributed by atoms with Gasteiger partial charge in [-0.1, -0.05) is 13.8 Å². The fraction of sp³-hybridized carbons (Fsp3) is 0.615. The minimum absolute atomic E-state index is 0.0598. The third-order valence-corrected chi connectivity index (χ3v) is 2.56. The summed E-state index contributed by atoms with van der Waals surface area (Å²) in [5.41, 5.74) is 1.08. The van der Waals surface area contributed by atoms with Crippen LogP contribution in [0.4, 0.5) is 5.69 Å². The van der Waals surface area contributed by atoms with Gasteiger partial charge >= 0.3 is 0 Å². The Bertz CT molecular complexity index is 382. The van der Waals surface area contributed by atoms with Crippen LogP contribution in [0.2, 0.25) is 0 Å². The molecule has 0 aliphatic carbocycles. The first-order chi connectivity index (χ1) is 7.52. The number of pyridine rings is 1. The molecule has 16 heavy (non-hydrogen) atoms. The number of hydrogen-bond acceptors (Lipinski definition) is 2. The molecule has 1 heterocycles. The lowest BCUT2D eigenvalue weighted by Crippen LogP contribution is -2.21. The van der Waals surface area contributed by atoms with Crippen molar-refractivity contribution in [3.63, 3.8) is 0 Å². The minimum atomic E-state index is 0.0598. The van der Waals surface area contributed by atoms with E-state index in [0.717, 1.165) is 12.1 Å². The van der Waals surface area contributed by atoms with Crippen LogP contribution in [0.25, 0.3) is 0 Å². The summed E-state index contributed by atoms with van der Waals surface area (Å²) in [6.45, 7) is 9.29. The highest BCUT2D eigenvalue weighted by atomic mass is 16.1. The largest absolute Gasteiger partial charge is 0.381 e. The molecule has 1 unspecified atom stereocenters. The fourth-order valence-corrected chi connectivity index (χ4v) is 1.91. The monoisotopic (exact) mass is 222 g/mol. The zero-order valence-electron chi connectivity index (χ0n) is 10.7. The van der Waals surface area contributed by atoms with Crippen LogP contribution in [-0.4, -0.2) is 10.6 Å². The Balaban J connectivity index is 2.70. The molecule has 0 fully saturated rings. The Morgan fingerprint density at radius 1 is 1.31 bits per heavy atom. The highest BCUT2D eigenvalue weighted by molar-refractivity contribution is 5.41. The van der Waals surface area contributed by atoms with Gasteiger partial charge in [0.1, 0.15) is 0 Å². The molecule has 0 aliphatic heterocycles. The molecule has 0 amide bonds. The van der Waals surface area contributed by atoms with E-state index in [-0.39, 0.29) is 5.56 Å². The molecule has 0 bridgehead atoms. The lowest BCUT2D eigenvalue weighted by Gasteiger charge is -2.17. The molecule has 0 saturated carbocycles. The van der Waals surface area contributed by atoms with Crippen molar-refractivity contribution >= 4 is 5.69 Å². The van der Waals surface area contributed by atoms with Gasteiger partial charge in [0.2, 0.25) is 0 Å². The molecule has 0 spiro atoms. The standard InChI is InChI=1S/C13H22N2O/c1-5-15-9-12(6-7-13(15)16)14-11(4)8-10(2)3/h6-7,9-11,14H,5,8H2,1-4H3. The van der Waals surface area contributed by atoms with Gasteiger partial charge in [0.05, 0.1) is 5.69 Å². The lowest BCUT2D eigenvalue weighted by atomic mass is 10.1. The van der Waals surface area contributed by atoms with Crippen molar-refractivity contribution in [3.05, 3.63) is 28.7 Å². The second-order valence-corrected chi connectivity index (χ2v) is 4.72. The van der Waals surface area contributed by atoms with Crippen LogP contribution >= 0.6 is 0 Å². The Hall–Kier alpha value is -1.25. The van der Waals surface area contributed by atoms with Gasteiger partial charge in [-0.3, -0.25) is 4.79 Å². The van der Waals surface area contributed by atoms with E-state index >= 15 is 0 Å². The highest BCUT2D eigenvalue weighted by Gasteiger charge is 2.05. The highest BCUT2D eigenvalue weighted by Crippen LogP contribution is 2.11. The predicted octanol–water partition coefficient (Wildman–Crippen LogP) is 2.71. The maximum atomic E-state index is 11.4. The van der Waals surface area contributed by atoms with Gasteiger partial charge in [-0.2, -0.15) is 0 Å². The van der Waals surface area contributed by atoms with Crippen LogP contribution in [-0.2, 0) is 6.54 Å². The van der Waals surface area contributed by atoms with E-state index in [9.17, 15) is 4.79 Å². The van der Waals surface area contributed by atoms with Crippen LogP contribution in [0.1, 0.15) is 34.1 Å². The number of nitrogens with zero attached hydrogens (tertiary/aromatic N) is 1. The SMILES string of the molecule is CCn1cc(NC(C)CC(C)C)ccc1=O. The summed E-state index contributed by atoms with van der Waals surface area (Å²) in [5, 5.41) is 3.42. The maximum Gasteiger partial charge on any atom is 0.250 e. The zero-order chi connectivity index (χ0) is 12.1. The second-order valence-electron chi connectivity index (χ2n) is 4.72. The third kappa shape index (κ3) is 3.72. The molecule has 0 aromatic carbocycles. The quantitative estimate of drug-likeness (QED) is 0.831. The van der Waals surface area contributed by atoms with Crippen molar-refractivity contribution in [1.29, 1.82) is 0 Å². The molecule has 1 atom stereocenters. The van der Waals surface area contributed by atoms with Crippen molar-refractivity contribution in [2.24, 2.45) is 5.92 Å². The number of rotatable bonds is 5. The normalized spacial score (nSPS) is 12.8. The summed E-state index contributed by atoms with van der Waals surface area (Å²) >= 11 is 0. The molecular weight excluding hydrogens is 200 g/mol. The fourth-order valence-electron chi connectivity index (χ4n) is 1.91. The average molecular weight is 222 g/mol. The molecule has 1 aromatic heterocycles. The zero-order valence-corrected chi connectivity index (χ0v) is 10.7. The van der Waals surface area contributed by atoms with E-state index in [2.05, 4.69) is 26.1 Å². The number of aryl methyl sites for hydroxylation is 1. The first-order valence-electron chi connectivity index (χ1n) is 6.00. The molecule has 0 saturated heterocycles. The summed E-state index contributed by atoms with van der Waals surface area (Å²) in [6, 6.07) is 3.90. The molecule has 3 heteroatoms. The summed E-state index contributed by atoms with van der Waals surface area (Å²) in [4.78, 5) is 11.4. The topological polar surface area (TPSA) is 34.0 Å². The van der Waals surface area contributed by atoms with Crippen molar-refractivity contribution in [2.75, 3.05) is 5.32 Å². The number of nitrogens with one attached hydrogen (secondary N) is 1.